The minimum absolute atomic E-state index is 0. The number of guanidine groups is 1. The van der Waals surface area contributed by atoms with E-state index in [0.717, 1.165) is 36.8 Å². The summed E-state index contributed by atoms with van der Waals surface area (Å²) in [5.74, 6) is 2.15. The van der Waals surface area contributed by atoms with Crippen LogP contribution in [-0.2, 0) is 17.8 Å². The molecule has 0 aliphatic carbocycles. The maximum absolute atomic E-state index is 11.5. The number of hydrogen-bond acceptors (Lipinski definition) is 4. The van der Waals surface area contributed by atoms with E-state index in [1.807, 2.05) is 50.2 Å². The average molecular weight is 540 g/mol. The summed E-state index contributed by atoms with van der Waals surface area (Å²) in [5, 5.41) is 9.33. The molecule has 0 unspecified atom stereocenters. The molecule has 8 heteroatoms. The molecule has 2 rings (SSSR count). The smallest absolute Gasteiger partial charge is 0.257 e. The fraction of sp³-hybridized carbons (Fsp3) is 0.391. The largest absolute Gasteiger partial charge is 0.497 e. The summed E-state index contributed by atoms with van der Waals surface area (Å²) in [6.45, 7) is 6.58. The highest BCUT2D eigenvalue weighted by molar-refractivity contribution is 14.0. The third kappa shape index (κ3) is 10.4. The molecule has 2 aromatic carbocycles. The number of ether oxygens (including phenoxy) is 2. The molecule has 0 spiro atoms. The van der Waals surface area contributed by atoms with Gasteiger partial charge in [0.2, 0.25) is 0 Å². The number of rotatable bonds is 11. The first-order valence-electron chi connectivity index (χ1n) is 10.3. The number of likely N-dealkylation sites (N-methyl/N-ethyl adjacent to an activating group) is 1. The number of carbonyl (C=O) groups excluding carboxylic acids is 1. The SMILES string of the molecule is CCNC(=O)COc1cccc(CN=C(NCC)NCCc2ccc(OC)cc2)c1.I. The van der Waals surface area contributed by atoms with Crippen molar-refractivity contribution in [2.45, 2.75) is 26.8 Å². The zero-order valence-electron chi connectivity index (χ0n) is 18.4. The lowest BCUT2D eigenvalue weighted by molar-refractivity contribution is -0.122. The first-order valence-corrected chi connectivity index (χ1v) is 10.3. The molecule has 0 saturated heterocycles. The lowest BCUT2D eigenvalue weighted by Gasteiger charge is -2.12. The number of hydrogen-bond donors (Lipinski definition) is 3. The Morgan fingerprint density at radius 3 is 2.35 bits per heavy atom. The Morgan fingerprint density at radius 2 is 1.68 bits per heavy atom. The molecule has 2 aromatic rings. The molecule has 0 radical (unpaired) electrons. The molecule has 0 aliphatic rings. The van der Waals surface area contributed by atoms with Crippen LogP contribution in [0.1, 0.15) is 25.0 Å². The number of nitrogens with one attached hydrogen (secondary N) is 3. The molecule has 3 N–H and O–H groups in total. The predicted octanol–water partition coefficient (Wildman–Crippen LogP) is 3.13. The van der Waals surface area contributed by atoms with E-state index in [9.17, 15) is 4.79 Å². The number of aliphatic imine (C=N–C) groups is 1. The van der Waals surface area contributed by atoms with E-state index in [1.54, 1.807) is 7.11 Å². The van der Waals surface area contributed by atoms with Crippen molar-refractivity contribution in [3.63, 3.8) is 0 Å². The molecular weight excluding hydrogens is 507 g/mol. The topological polar surface area (TPSA) is 84.0 Å². The second-order valence-electron chi connectivity index (χ2n) is 6.61. The quantitative estimate of drug-likeness (QED) is 0.232. The Bertz CT molecular complexity index is 813. The Labute approximate surface area is 202 Å². The van der Waals surface area contributed by atoms with E-state index in [-0.39, 0.29) is 36.5 Å². The maximum Gasteiger partial charge on any atom is 0.257 e. The van der Waals surface area contributed by atoms with E-state index in [2.05, 4.69) is 33.1 Å². The predicted molar refractivity (Wildman–Crippen MR) is 136 cm³/mol. The van der Waals surface area contributed by atoms with Gasteiger partial charge >= 0.3 is 0 Å². The normalized spacial score (nSPS) is 10.6. The van der Waals surface area contributed by atoms with Gasteiger partial charge in [0.25, 0.3) is 5.91 Å². The third-order valence-corrected chi connectivity index (χ3v) is 4.27. The van der Waals surface area contributed by atoms with E-state index in [0.29, 0.717) is 18.8 Å². The van der Waals surface area contributed by atoms with Crippen molar-refractivity contribution in [1.82, 2.24) is 16.0 Å². The maximum atomic E-state index is 11.5. The lowest BCUT2D eigenvalue weighted by Crippen LogP contribution is -2.38. The summed E-state index contributed by atoms with van der Waals surface area (Å²) in [5.41, 5.74) is 2.24. The zero-order chi connectivity index (χ0) is 21.6. The molecule has 0 atom stereocenters. The summed E-state index contributed by atoms with van der Waals surface area (Å²) < 4.78 is 10.7. The van der Waals surface area contributed by atoms with E-state index >= 15 is 0 Å². The number of halogens is 1. The van der Waals surface area contributed by atoms with Gasteiger partial charge in [-0.1, -0.05) is 24.3 Å². The van der Waals surface area contributed by atoms with Gasteiger partial charge in [0, 0.05) is 19.6 Å². The van der Waals surface area contributed by atoms with Crippen LogP contribution in [0.5, 0.6) is 11.5 Å². The zero-order valence-corrected chi connectivity index (χ0v) is 20.8. The average Bonchev–Trinajstić information content (AvgIpc) is 2.77. The molecule has 0 fully saturated rings. The first kappa shape index (κ1) is 26.5. The lowest BCUT2D eigenvalue weighted by atomic mass is 10.1. The van der Waals surface area contributed by atoms with Gasteiger partial charge in [0.05, 0.1) is 13.7 Å². The van der Waals surface area contributed by atoms with Gasteiger partial charge in [0.15, 0.2) is 12.6 Å². The molecule has 0 heterocycles. The monoisotopic (exact) mass is 540 g/mol. The van der Waals surface area contributed by atoms with Crippen molar-refractivity contribution < 1.29 is 14.3 Å². The molecule has 0 bridgehead atoms. The van der Waals surface area contributed by atoms with E-state index < -0.39 is 0 Å². The molecule has 31 heavy (non-hydrogen) atoms. The van der Waals surface area contributed by atoms with Gasteiger partial charge in [-0.2, -0.15) is 0 Å². The highest BCUT2D eigenvalue weighted by atomic mass is 127. The summed E-state index contributed by atoms with van der Waals surface area (Å²) in [6.07, 6.45) is 0.886. The van der Waals surface area contributed by atoms with Gasteiger partial charge < -0.3 is 25.4 Å². The second kappa shape index (κ2) is 15.3. The summed E-state index contributed by atoms with van der Waals surface area (Å²) in [7, 11) is 1.67. The standard InChI is InChI=1S/C23H32N4O3.HI/c1-4-24-22(28)17-30-21-8-6-7-19(15-21)16-27-23(25-5-2)26-14-13-18-9-11-20(29-3)12-10-18;/h6-12,15H,4-5,13-14,16-17H2,1-3H3,(H,24,28)(H2,25,26,27);1H. The van der Waals surface area contributed by atoms with Crippen LogP contribution in [0, 0.1) is 0 Å². The van der Waals surface area contributed by atoms with Crippen molar-refractivity contribution in [3.8, 4) is 11.5 Å². The van der Waals surface area contributed by atoms with Gasteiger partial charge in [-0.15, -0.1) is 24.0 Å². The fourth-order valence-electron chi connectivity index (χ4n) is 2.76. The third-order valence-electron chi connectivity index (χ3n) is 4.27. The Morgan fingerprint density at radius 1 is 0.935 bits per heavy atom. The Kier molecular flexibility index (Phi) is 13.1. The first-order chi connectivity index (χ1) is 14.6. The number of benzene rings is 2. The van der Waals surface area contributed by atoms with Crippen molar-refractivity contribution in [3.05, 3.63) is 59.7 Å². The minimum Gasteiger partial charge on any atom is -0.497 e. The van der Waals surface area contributed by atoms with Crippen LogP contribution >= 0.6 is 24.0 Å². The molecule has 1 amide bonds. The van der Waals surface area contributed by atoms with Gasteiger partial charge in [-0.25, -0.2) is 4.99 Å². The van der Waals surface area contributed by atoms with Crippen LogP contribution in [0.3, 0.4) is 0 Å². The molecule has 0 aromatic heterocycles. The number of methoxy groups -OCH3 is 1. The fourth-order valence-corrected chi connectivity index (χ4v) is 2.76. The van der Waals surface area contributed by atoms with Crippen LogP contribution in [-0.4, -0.2) is 45.2 Å². The van der Waals surface area contributed by atoms with E-state index in [4.69, 9.17) is 9.47 Å². The number of nitrogens with zero attached hydrogens (tertiary/aromatic N) is 1. The van der Waals surface area contributed by atoms with Crippen LogP contribution in [0.25, 0.3) is 0 Å². The van der Waals surface area contributed by atoms with Gasteiger partial charge in [0.1, 0.15) is 11.5 Å². The Hall–Kier alpha value is -2.49. The summed E-state index contributed by atoms with van der Waals surface area (Å²) >= 11 is 0. The van der Waals surface area contributed by atoms with Crippen LogP contribution in [0.15, 0.2) is 53.5 Å². The summed E-state index contributed by atoms with van der Waals surface area (Å²) in [4.78, 5) is 16.2. The van der Waals surface area contributed by atoms with Crippen molar-refractivity contribution in [2.24, 2.45) is 4.99 Å². The Balaban J connectivity index is 0.00000480. The van der Waals surface area contributed by atoms with Crippen molar-refractivity contribution in [1.29, 1.82) is 0 Å². The highest BCUT2D eigenvalue weighted by Crippen LogP contribution is 2.14. The minimum atomic E-state index is -0.128. The molecule has 0 aliphatic heterocycles. The van der Waals surface area contributed by atoms with Crippen molar-refractivity contribution >= 4 is 35.8 Å². The van der Waals surface area contributed by atoms with Gasteiger partial charge in [-0.05, 0) is 55.7 Å². The molecule has 170 valence electrons. The van der Waals surface area contributed by atoms with Crippen molar-refractivity contribution in [2.75, 3.05) is 33.4 Å². The molecule has 7 nitrogen and oxygen atoms in total. The highest BCUT2D eigenvalue weighted by Gasteiger charge is 2.03. The summed E-state index contributed by atoms with van der Waals surface area (Å²) in [6, 6.07) is 15.7. The number of carbonyl (C=O) groups is 1. The van der Waals surface area contributed by atoms with E-state index in [1.165, 1.54) is 5.56 Å². The van der Waals surface area contributed by atoms with Crippen LogP contribution in [0.4, 0.5) is 0 Å². The van der Waals surface area contributed by atoms with Crippen LogP contribution < -0.4 is 25.4 Å². The molecule has 0 saturated carbocycles. The molecular formula is C23H33IN4O3. The van der Waals surface area contributed by atoms with Gasteiger partial charge in [-0.3, -0.25) is 4.79 Å². The number of amides is 1. The second-order valence-corrected chi connectivity index (χ2v) is 6.61. The van der Waals surface area contributed by atoms with Crippen LogP contribution in [0.2, 0.25) is 0 Å².